The van der Waals surface area contributed by atoms with Gasteiger partial charge in [0.15, 0.2) is 0 Å². The van der Waals surface area contributed by atoms with Crippen molar-refractivity contribution >= 4 is 29.4 Å². The fourth-order valence-electron chi connectivity index (χ4n) is 3.16. The molecule has 2 aromatic carbocycles. The molecule has 30 heavy (non-hydrogen) atoms. The Morgan fingerprint density at radius 3 is 2.43 bits per heavy atom. The van der Waals surface area contributed by atoms with Gasteiger partial charge in [0.25, 0.3) is 5.91 Å². The van der Waals surface area contributed by atoms with E-state index in [4.69, 9.17) is 16.3 Å². The molecule has 3 aromatic rings. The molecule has 3 amide bonds. The van der Waals surface area contributed by atoms with E-state index in [1.807, 2.05) is 26.0 Å². The van der Waals surface area contributed by atoms with Gasteiger partial charge in [-0.3, -0.25) is 15.4 Å². The molecule has 2 N–H and O–H groups in total. The van der Waals surface area contributed by atoms with Crippen molar-refractivity contribution in [2.24, 2.45) is 0 Å². The number of imide groups is 1. The van der Waals surface area contributed by atoms with E-state index in [-0.39, 0.29) is 17.1 Å². The minimum atomic E-state index is -0.923. The van der Waals surface area contributed by atoms with Crippen LogP contribution in [0.25, 0.3) is 11.1 Å². The van der Waals surface area contributed by atoms with Crippen molar-refractivity contribution in [3.63, 3.8) is 0 Å². The van der Waals surface area contributed by atoms with E-state index in [1.54, 1.807) is 18.2 Å². The largest absolute Gasteiger partial charge is 0.496 e. The van der Waals surface area contributed by atoms with E-state index in [2.05, 4.69) is 15.6 Å². The maximum atomic E-state index is 14.0. The lowest BCUT2D eigenvalue weighted by molar-refractivity contribution is 0.0960. The Bertz CT molecular complexity index is 1090. The van der Waals surface area contributed by atoms with E-state index < -0.39 is 17.8 Å². The fraction of sp³-hybridized carbons (Fsp3) is 0.136. The monoisotopic (exact) mass is 427 g/mol. The summed E-state index contributed by atoms with van der Waals surface area (Å²) in [6.45, 7) is 3.70. The predicted molar refractivity (Wildman–Crippen MR) is 114 cm³/mol. The zero-order valence-corrected chi connectivity index (χ0v) is 17.3. The van der Waals surface area contributed by atoms with E-state index in [9.17, 15) is 14.0 Å². The first kappa shape index (κ1) is 21.3. The Morgan fingerprint density at radius 1 is 1.10 bits per heavy atom. The van der Waals surface area contributed by atoms with Crippen molar-refractivity contribution < 1.29 is 18.7 Å². The van der Waals surface area contributed by atoms with Crippen LogP contribution in [0.15, 0.2) is 48.5 Å². The predicted octanol–water partition coefficient (Wildman–Crippen LogP) is 5.13. The second-order valence-electron chi connectivity index (χ2n) is 6.52. The fourth-order valence-corrected chi connectivity index (χ4v) is 3.28. The maximum Gasteiger partial charge on any atom is 0.327 e. The summed E-state index contributed by atoms with van der Waals surface area (Å²) in [4.78, 5) is 29.0. The van der Waals surface area contributed by atoms with Crippen LogP contribution >= 0.6 is 11.6 Å². The zero-order chi connectivity index (χ0) is 21.8. The molecule has 154 valence electrons. The van der Waals surface area contributed by atoms with Gasteiger partial charge in [-0.15, -0.1) is 0 Å². The van der Waals surface area contributed by atoms with Crippen LogP contribution in [0.5, 0.6) is 5.75 Å². The highest BCUT2D eigenvalue weighted by atomic mass is 35.5. The van der Waals surface area contributed by atoms with Crippen LogP contribution in [0.3, 0.4) is 0 Å². The molecule has 6 nitrogen and oxygen atoms in total. The number of nitrogens with one attached hydrogen (secondary N) is 2. The number of nitrogens with zero attached hydrogens (tertiary/aromatic N) is 1. The molecular formula is C22H19ClFN3O3. The molecule has 1 aromatic heterocycles. The summed E-state index contributed by atoms with van der Waals surface area (Å²) in [5.41, 5.74) is 3.08. The lowest BCUT2D eigenvalue weighted by Crippen LogP contribution is -2.35. The number of hydrogen-bond donors (Lipinski definition) is 2. The third-order valence-corrected chi connectivity index (χ3v) is 4.67. The Balaban J connectivity index is 1.78. The Labute approximate surface area is 178 Å². The number of carbonyl (C=O) groups is 2. The standard InChI is InChI=1S/C22H19ClFN3O3/c1-12-11-18(25-13(2)19(12)14-7-9-15(23)10-8-14)26-22(29)27-21(28)20-16(24)5-4-6-17(20)30-3/h4-11H,1-3H3,(H2,25,26,27,28,29). The van der Waals surface area contributed by atoms with Gasteiger partial charge in [-0.1, -0.05) is 29.8 Å². The number of methoxy groups -OCH3 is 1. The highest BCUT2D eigenvalue weighted by Gasteiger charge is 2.20. The van der Waals surface area contributed by atoms with Crippen LogP contribution in [0.2, 0.25) is 5.02 Å². The molecule has 0 aliphatic rings. The summed E-state index contributed by atoms with van der Waals surface area (Å²) in [5, 5.41) is 5.22. The smallest absolute Gasteiger partial charge is 0.327 e. The molecule has 3 rings (SSSR count). The van der Waals surface area contributed by atoms with Gasteiger partial charge in [-0.2, -0.15) is 0 Å². The maximum absolute atomic E-state index is 14.0. The third kappa shape index (κ3) is 4.58. The van der Waals surface area contributed by atoms with Crippen molar-refractivity contribution in [3.05, 3.63) is 76.2 Å². The Kier molecular flexibility index (Phi) is 6.32. The first-order valence-corrected chi connectivity index (χ1v) is 9.37. The second-order valence-corrected chi connectivity index (χ2v) is 6.95. The van der Waals surface area contributed by atoms with E-state index in [1.165, 1.54) is 19.2 Å². The molecule has 0 unspecified atom stereocenters. The summed E-state index contributed by atoms with van der Waals surface area (Å²) in [6, 6.07) is 12.2. The number of benzene rings is 2. The zero-order valence-electron chi connectivity index (χ0n) is 16.5. The number of aromatic nitrogens is 1. The number of anilines is 1. The molecule has 0 saturated carbocycles. The molecule has 8 heteroatoms. The summed E-state index contributed by atoms with van der Waals surface area (Å²) in [5.74, 6) is -1.43. The van der Waals surface area contributed by atoms with Gasteiger partial charge in [-0.05, 0) is 55.3 Å². The first-order valence-electron chi connectivity index (χ1n) is 8.99. The Morgan fingerprint density at radius 2 is 1.80 bits per heavy atom. The molecule has 0 spiro atoms. The van der Waals surface area contributed by atoms with E-state index >= 15 is 0 Å². The number of ether oxygens (including phenoxy) is 1. The minimum Gasteiger partial charge on any atom is -0.496 e. The number of hydrogen-bond acceptors (Lipinski definition) is 4. The van der Waals surface area contributed by atoms with Crippen molar-refractivity contribution in [2.75, 3.05) is 12.4 Å². The molecule has 0 radical (unpaired) electrons. The lowest BCUT2D eigenvalue weighted by Gasteiger charge is -2.13. The second kappa shape index (κ2) is 8.92. The van der Waals surface area contributed by atoms with Crippen LogP contribution in [0.1, 0.15) is 21.6 Å². The molecule has 0 aliphatic heterocycles. The minimum absolute atomic E-state index is 0.0254. The van der Waals surface area contributed by atoms with Crippen LogP contribution in [-0.2, 0) is 0 Å². The molecule has 0 bridgehead atoms. The third-order valence-electron chi connectivity index (χ3n) is 4.42. The average molecular weight is 428 g/mol. The van der Waals surface area contributed by atoms with E-state index in [0.717, 1.165) is 22.8 Å². The van der Waals surface area contributed by atoms with Crippen molar-refractivity contribution in [3.8, 4) is 16.9 Å². The Hall–Kier alpha value is -3.45. The van der Waals surface area contributed by atoms with Gasteiger partial charge in [0.2, 0.25) is 0 Å². The first-order chi connectivity index (χ1) is 14.3. The summed E-state index contributed by atoms with van der Waals surface area (Å²) in [6.07, 6.45) is 0. The van der Waals surface area contributed by atoms with E-state index in [0.29, 0.717) is 10.7 Å². The van der Waals surface area contributed by atoms with Crippen molar-refractivity contribution in [1.82, 2.24) is 10.3 Å². The van der Waals surface area contributed by atoms with Crippen LogP contribution in [0, 0.1) is 19.7 Å². The number of urea groups is 1. The SMILES string of the molecule is COc1cccc(F)c1C(=O)NC(=O)Nc1cc(C)c(-c2ccc(Cl)cc2)c(C)n1. The molecule has 0 fully saturated rings. The quantitative estimate of drug-likeness (QED) is 0.605. The van der Waals surface area contributed by atoms with Crippen LogP contribution in [-0.4, -0.2) is 24.0 Å². The van der Waals surface area contributed by atoms with Gasteiger partial charge in [0.1, 0.15) is 22.9 Å². The normalized spacial score (nSPS) is 10.4. The van der Waals surface area contributed by atoms with Crippen LogP contribution < -0.4 is 15.4 Å². The number of halogens is 2. The average Bonchev–Trinajstić information content (AvgIpc) is 2.68. The number of rotatable bonds is 4. The summed E-state index contributed by atoms with van der Waals surface area (Å²) >= 11 is 5.95. The van der Waals surface area contributed by atoms with Gasteiger partial charge >= 0.3 is 6.03 Å². The number of amides is 3. The van der Waals surface area contributed by atoms with Gasteiger partial charge in [0.05, 0.1) is 7.11 Å². The van der Waals surface area contributed by atoms with Crippen molar-refractivity contribution in [2.45, 2.75) is 13.8 Å². The highest BCUT2D eigenvalue weighted by molar-refractivity contribution is 6.30. The number of aryl methyl sites for hydroxylation is 2. The number of pyridine rings is 1. The summed E-state index contributed by atoms with van der Waals surface area (Å²) < 4.78 is 19.0. The van der Waals surface area contributed by atoms with Crippen LogP contribution in [0.4, 0.5) is 15.0 Å². The van der Waals surface area contributed by atoms with Gasteiger partial charge in [-0.25, -0.2) is 14.2 Å². The van der Waals surface area contributed by atoms with Gasteiger partial charge in [0, 0.05) is 16.3 Å². The molecular weight excluding hydrogens is 409 g/mol. The highest BCUT2D eigenvalue weighted by Crippen LogP contribution is 2.29. The molecule has 0 atom stereocenters. The number of carbonyl (C=O) groups excluding carboxylic acids is 2. The molecule has 0 saturated heterocycles. The molecule has 0 aliphatic carbocycles. The lowest BCUT2D eigenvalue weighted by atomic mass is 9.99. The van der Waals surface area contributed by atoms with Gasteiger partial charge < -0.3 is 4.74 Å². The summed E-state index contributed by atoms with van der Waals surface area (Å²) in [7, 11) is 1.31. The topological polar surface area (TPSA) is 80.3 Å². The molecule has 1 heterocycles. The van der Waals surface area contributed by atoms with Crippen molar-refractivity contribution in [1.29, 1.82) is 0 Å².